The summed E-state index contributed by atoms with van der Waals surface area (Å²) in [4.78, 5) is 9.37. The number of hydrogen-bond donors (Lipinski definition) is 0. The molecule has 2 heterocycles. The van der Waals surface area contributed by atoms with Crippen LogP contribution in [0, 0.1) is 0 Å². The van der Waals surface area contributed by atoms with Gasteiger partial charge in [-0.1, -0.05) is 5.16 Å². The highest BCUT2D eigenvalue weighted by molar-refractivity contribution is 6.21. The molecule has 0 saturated carbocycles. The van der Waals surface area contributed by atoms with E-state index in [2.05, 4.69) is 17.1 Å². The number of nitrogens with zero attached hydrogens (tertiary/aromatic N) is 3. The number of aromatic nitrogens is 2. The zero-order valence-corrected chi connectivity index (χ0v) is 9.61. The van der Waals surface area contributed by atoms with Crippen LogP contribution in [0.2, 0.25) is 0 Å². The first kappa shape index (κ1) is 10.5. The number of alkyl halides is 1. The first-order chi connectivity index (χ1) is 7.22. The van der Waals surface area contributed by atoms with Crippen LogP contribution in [0.15, 0.2) is 17.7 Å². The van der Waals surface area contributed by atoms with Gasteiger partial charge in [0.05, 0.1) is 23.6 Å². The Balaban J connectivity index is 2.14. The van der Waals surface area contributed by atoms with Crippen molar-refractivity contribution in [2.45, 2.75) is 38.3 Å². The Morgan fingerprint density at radius 3 is 3.13 bits per heavy atom. The molecule has 0 N–H and O–H groups in total. The molecule has 0 fully saturated rings. The second-order valence-corrected chi connectivity index (χ2v) is 4.32. The number of aryl methyl sites for hydroxylation is 1. The molecule has 0 amide bonds. The van der Waals surface area contributed by atoms with Gasteiger partial charge < -0.3 is 9.40 Å². The van der Waals surface area contributed by atoms with Gasteiger partial charge in [0.15, 0.2) is 0 Å². The molecule has 1 aliphatic heterocycles. The maximum Gasteiger partial charge on any atom is 0.149 e. The summed E-state index contributed by atoms with van der Waals surface area (Å²) in [5, 5.41) is 4.04. The van der Waals surface area contributed by atoms with Crippen LogP contribution < -0.4 is 0 Å². The summed E-state index contributed by atoms with van der Waals surface area (Å²) in [6, 6.07) is 0. The third-order valence-corrected chi connectivity index (χ3v) is 2.83. The Morgan fingerprint density at radius 1 is 1.73 bits per heavy atom. The Kier molecular flexibility index (Phi) is 2.95. The van der Waals surface area contributed by atoms with Crippen molar-refractivity contribution in [1.29, 1.82) is 0 Å². The highest BCUT2D eigenvalue weighted by Crippen LogP contribution is 2.21. The van der Waals surface area contributed by atoms with Gasteiger partial charge in [0.25, 0.3) is 0 Å². The van der Waals surface area contributed by atoms with Gasteiger partial charge in [-0.15, -0.1) is 11.6 Å². The first-order valence-electron chi connectivity index (χ1n) is 5.09. The summed E-state index contributed by atoms with van der Waals surface area (Å²) in [5.74, 6) is 0. The predicted octanol–water partition coefficient (Wildman–Crippen LogP) is 2.02. The van der Waals surface area contributed by atoms with Gasteiger partial charge in [0, 0.05) is 13.0 Å². The molecule has 1 aromatic heterocycles. The molecular weight excluding hydrogens is 214 g/mol. The number of hydrogen-bond acceptors (Lipinski definition) is 3. The quantitative estimate of drug-likeness (QED) is 0.742. The summed E-state index contributed by atoms with van der Waals surface area (Å²) in [7, 11) is 0. The third-order valence-electron chi connectivity index (χ3n) is 2.55. The highest BCUT2D eigenvalue weighted by Gasteiger charge is 2.27. The van der Waals surface area contributed by atoms with Crippen LogP contribution in [0.3, 0.4) is 0 Å². The standard InChI is InChI=1S/C10H14ClN3O/c1-3-14-6-12-5-9(14)8-4-10(7(2)11)15-13-8/h5-7,10H,3-4H2,1-2H3. The van der Waals surface area contributed by atoms with E-state index in [9.17, 15) is 0 Å². The van der Waals surface area contributed by atoms with Crippen molar-refractivity contribution in [2.75, 3.05) is 0 Å². The van der Waals surface area contributed by atoms with Crippen molar-refractivity contribution >= 4 is 17.3 Å². The summed E-state index contributed by atoms with van der Waals surface area (Å²) < 4.78 is 2.05. The van der Waals surface area contributed by atoms with Crippen molar-refractivity contribution in [2.24, 2.45) is 5.16 Å². The van der Waals surface area contributed by atoms with Gasteiger partial charge in [0.2, 0.25) is 0 Å². The van der Waals surface area contributed by atoms with Crippen LogP contribution in [0.1, 0.15) is 26.0 Å². The molecule has 0 radical (unpaired) electrons. The molecule has 15 heavy (non-hydrogen) atoms. The van der Waals surface area contributed by atoms with E-state index in [1.165, 1.54) is 0 Å². The fourth-order valence-corrected chi connectivity index (χ4v) is 1.74. The van der Waals surface area contributed by atoms with Gasteiger partial charge in [-0.2, -0.15) is 0 Å². The monoisotopic (exact) mass is 227 g/mol. The summed E-state index contributed by atoms with van der Waals surface area (Å²) in [5.41, 5.74) is 1.96. The van der Waals surface area contributed by atoms with E-state index in [-0.39, 0.29) is 11.5 Å². The minimum Gasteiger partial charge on any atom is -0.390 e. The lowest BCUT2D eigenvalue weighted by Crippen LogP contribution is -2.19. The topological polar surface area (TPSA) is 39.4 Å². The molecule has 2 atom stereocenters. The van der Waals surface area contributed by atoms with Gasteiger partial charge in [-0.25, -0.2) is 4.98 Å². The van der Waals surface area contributed by atoms with Crippen LogP contribution in [0.4, 0.5) is 0 Å². The van der Waals surface area contributed by atoms with Gasteiger partial charge in [-0.3, -0.25) is 0 Å². The average Bonchev–Trinajstić information content (AvgIpc) is 2.85. The molecule has 0 saturated heterocycles. The van der Waals surface area contributed by atoms with E-state index in [0.29, 0.717) is 0 Å². The lowest BCUT2D eigenvalue weighted by atomic mass is 10.1. The molecule has 0 spiro atoms. The van der Waals surface area contributed by atoms with E-state index in [1.54, 1.807) is 6.33 Å². The van der Waals surface area contributed by atoms with Crippen molar-refractivity contribution < 1.29 is 4.84 Å². The zero-order chi connectivity index (χ0) is 10.8. The van der Waals surface area contributed by atoms with Gasteiger partial charge >= 0.3 is 0 Å². The molecule has 82 valence electrons. The number of oxime groups is 1. The Labute approximate surface area is 93.9 Å². The molecule has 0 aliphatic carbocycles. The molecule has 5 heteroatoms. The Hall–Kier alpha value is -1.03. The Morgan fingerprint density at radius 2 is 2.53 bits per heavy atom. The molecule has 2 rings (SSSR count). The molecule has 4 nitrogen and oxygen atoms in total. The van der Waals surface area contributed by atoms with E-state index >= 15 is 0 Å². The zero-order valence-electron chi connectivity index (χ0n) is 8.85. The highest BCUT2D eigenvalue weighted by atomic mass is 35.5. The van der Waals surface area contributed by atoms with Crippen molar-refractivity contribution in [3.8, 4) is 0 Å². The van der Waals surface area contributed by atoms with E-state index in [1.807, 2.05) is 17.7 Å². The molecule has 2 unspecified atom stereocenters. The van der Waals surface area contributed by atoms with Crippen molar-refractivity contribution in [1.82, 2.24) is 9.55 Å². The summed E-state index contributed by atoms with van der Waals surface area (Å²) in [6.07, 6.45) is 4.36. The van der Waals surface area contributed by atoms with E-state index < -0.39 is 0 Å². The minimum atomic E-state index is -0.0238. The van der Waals surface area contributed by atoms with Crippen LogP contribution in [-0.2, 0) is 11.4 Å². The van der Waals surface area contributed by atoms with Crippen molar-refractivity contribution in [3.63, 3.8) is 0 Å². The smallest absolute Gasteiger partial charge is 0.149 e. The second-order valence-electron chi connectivity index (χ2n) is 3.63. The normalized spacial score (nSPS) is 22.3. The van der Waals surface area contributed by atoms with Gasteiger partial charge in [0.1, 0.15) is 11.8 Å². The number of rotatable bonds is 3. The van der Waals surface area contributed by atoms with Crippen LogP contribution in [0.5, 0.6) is 0 Å². The lowest BCUT2D eigenvalue weighted by Gasteiger charge is -2.09. The summed E-state index contributed by atoms with van der Waals surface area (Å²) in [6.45, 7) is 4.88. The number of imidazole rings is 1. The largest absolute Gasteiger partial charge is 0.390 e. The number of halogens is 1. The molecule has 1 aliphatic rings. The average molecular weight is 228 g/mol. The molecule has 0 bridgehead atoms. The lowest BCUT2D eigenvalue weighted by molar-refractivity contribution is 0.0855. The fraction of sp³-hybridized carbons (Fsp3) is 0.600. The van der Waals surface area contributed by atoms with Crippen molar-refractivity contribution in [3.05, 3.63) is 18.2 Å². The first-order valence-corrected chi connectivity index (χ1v) is 5.53. The van der Waals surface area contributed by atoms with E-state index in [4.69, 9.17) is 16.4 Å². The van der Waals surface area contributed by atoms with Crippen LogP contribution in [0.25, 0.3) is 0 Å². The SMILES string of the molecule is CCn1cncc1C1=NOC(C(C)Cl)C1. The maximum absolute atomic E-state index is 5.96. The van der Waals surface area contributed by atoms with Gasteiger partial charge in [-0.05, 0) is 13.8 Å². The second kappa shape index (κ2) is 4.23. The Bertz CT molecular complexity index is 372. The maximum atomic E-state index is 5.96. The molecular formula is C10H14ClN3O. The minimum absolute atomic E-state index is 0.0122. The molecule has 0 aromatic carbocycles. The van der Waals surface area contributed by atoms with E-state index in [0.717, 1.165) is 24.4 Å². The van der Waals surface area contributed by atoms with Crippen LogP contribution >= 0.6 is 11.6 Å². The third kappa shape index (κ3) is 2.00. The molecule has 1 aromatic rings. The fourth-order valence-electron chi connectivity index (χ4n) is 1.61. The van der Waals surface area contributed by atoms with Crippen LogP contribution in [-0.4, -0.2) is 26.7 Å². The summed E-state index contributed by atoms with van der Waals surface area (Å²) >= 11 is 5.96. The predicted molar refractivity (Wildman–Crippen MR) is 59.2 cm³/mol.